The van der Waals surface area contributed by atoms with Crippen molar-refractivity contribution in [3.05, 3.63) is 46.6 Å². The maximum atomic E-state index is 10.8. The van der Waals surface area contributed by atoms with Gasteiger partial charge in [0.15, 0.2) is 0 Å². The Balaban J connectivity index is 2.42. The summed E-state index contributed by atoms with van der Waals surface area (Å²) < 4.78 is 0. The molecule has 0 unspecified atom stereocenters. The Morgan fingerprint density at radius 3 is 3.00 bits per heavy atom. The van der Waals surface area contributed by atoms with E-state index in [1.165, 1.54) is 6.20 Å². The van der Waals surface area contributed by atoms with E-state index in [4.69, 9.17) is 0 Å². The zero-order valence-corrected chi connectivity index (χ0v) is 8.22. The Hall–Kier alpha value is -1.71. The van der Waals surface area contributed by atoms with Crippen LogP contribution in [0.3, 0.4) is 0 Å². The molecule has 1 heterocycles. The van der Waals surface area contributed by atoms with Crippen molar-refractivity contribution in [1.82, 2.24) is 4.98 Å². The molecule has 1 aliphatic carbocycles. The summed E-state index contributed by atoms with van der Waals surface area (Å²) in [6.45, 7) is 0. The van der Waals surface area contributed by atoms with Gasteiger partial charge in [-0.25, -0.2) is 0 Å². The van der Waals surface area contributed by atoms with Crippen molar-refractivity contribution in [2.24, 2.45) is 0 Å². The first-order valence-corrected chi connectivity index (χ1v) is 4.88. The minimum absolute atomic E-state index is 0.102. The van der Waals surface area contributed by atoms with Crippen LogP contribution in [-0.4, -0.2) is 9.91 Å². The smallest absolute Gasteiger partial charge is 0.258 e. The molecule has 1 aromatic rings. The number of nitro groups is 1. The summed E-state index contributed by atoms with van der Waals surface area (Å²) in [6, 6.07) is 1.72. The van der Waals surface area contributed by atoms with Crippen LogP contribution in [0.15, 0.2) is 24.5 Å². The number of rotatable bonds is 2. The summed E-state index contributed by atoms with van der Waals surface area (Å²) >= 11 is 0. The fraction of sp³-hybridized carbons (Fsp3) is 0.273. The molecule has 0 atom stereocenters. The Labute approximate surface area is 87.8 Å². The fourth-order valence-electron chi connectivity index (χ4n) is 1.75. The van der Waals surface area contributed by atoms with Crippen LogP contribution in [0.2, 0.25) is 0 Å². The van der Waals surface area contributed by atoms with Gasteiger partial charge in [0.1, 0.15) is 6.20 Å². The van der Waals surface area contributed by atoms with Crippen molar-refractivity contribution in [3.63, 3.8) is 0 Å². The number of hydrogen-bond acceptors (Lipinski definition) is 3. The van der Waals surface area contributed by atoms with Crippen LogP contribution in [0.5, 0.6) is 0 Å². The third-order valence-corrected chi connectivity index (χ3v) is 2.49. The predicted molar refractivity (Wildman–Crippen MR) is 57.0 cm³/mol. The first kappa shape index (κ1) is 9.83. The van der Waals surface area contributed by atoms with E-state index >= 15 is 0 Å². The number of aromatic nitrogens is 1. The van der Waals surface area contributed by atoms with Crippen LogP contribution < -0.4 is 0 Å². The highest BCUT2D eigenvalue weighted by molar-refractivity contribution is 5.72. The molecule has 0 fully saturated rings. The summed E-state index contributed by atoms with van der Waals surface area (Å²) in [6.07, 6.45) is 9.91. The molecule has 0 N–H and O–H groups in total. The van der Waals surface area contributed by atoms with Crippen LogP contribution in [0.4, 0.5) is 5.69 Å². The lowest BCUT2D eigenvalue weighted by Gasteiger charge is -2.12. The average molecular weight is 203 g/mol. The summed E-state index contributed by atoms with van der Waals surface area (Å²) in [5.41, 5.74) is 1.88. The van der Waals surface area contributed by atoms with E-state index in [1.807, 2.05) is 6.08 Å². The molecule has 0 amide bonds. The van der Waals surface area contributed by atoms with Gasteiger partial charge in [-0.1, -0.05) is 6.08 Å². The van der Waals surface area contributed by atoms with Crippen molar-refractivity contribution >= 4 is 11.3 Å². The minimum Gasteiger partial charge on any atom is -0.258 e. The van der Waals surface area contributed by atoms with Gasteiger partial charge in [0, 0.05) is 6.20 Å². The second-order valence-corrected chi connectivity index (χ2v) is 3.44. The van der Waals surface area contributed by atoms with Gasteiger partial charge in [-0.2, -0.15) is 0 Å². The Morgan fingerprint density at radius 1 is 1.47 bits per heavy atom. The molecule has 4 heteroatoms. The van der Waals surface area contributed by atoms with E-state index in [2.05, 4.69) is 11.4 Å². The first-order valence-electron chi connectivity index (χ1n) is 4.88. The van der Waals surface area contributed by atoms with E-state index in [-0.39, 0.29) is 10.6 Å². The average Bonchev–Trinajstić information content (AvgIpc) is 2.30. The fourth-order valence-corrected chi connectivity index (χ4v) is 1.75. The molecule has 0 spiro atoms. The molecule has 0 saturated carbocycles. The Morgan fingerprint density at radius 2 is 2.33 bits per heavy atom. The largest absolute Gasteiger partial charge is 0.294 e. The molecule has 0 bridgehead atoms. The van der Waals surface area contributed by atoms with Gasteiger partial charge in [0.2, 0.25) is 0 Å². The van der Waals surface area contributed by atoms with Gasteiger partial charge < -0.3 is 0 Å². The van der Waals surface area contributed by atoms with Crippen molar-refractivity contribution in [2.75, 3.05) is 0 Å². The summed E-state index contributed by atoms with van der Waals surface area (Å²) in [4.78, 5) is 14.2. The molecule has 0 aromatic carbocycles. The zero-order chi connectivity index (χ0) is 10.7. The number of hydrogen-bond donors (Lipinski definition) is 0. The Bertz CT molecular complexity index is 413. The summed E-state index contributed by atoms with van der Waals surface area (Å²) in [5, 5.41) is 10.8. The lowest BCUT2D eigenvalue weighted by Crippen LogP contribution is -1.98. The topological polar surface area (TPSA) is 56.0 Å². The molecule has 4 nitrogen and oxygen atoms in total. The third kappa shape index (κ3) is 2.03. The van der Waals surface area contributed by atoms with Crippen molar-refractivity contribution in [1.29, 1.82) is 0 Å². The normalized spacial score (nSPS) is 15.9. The summed E-state index contributed by atoms with van der Waals surface area (Å²) in [7, 11) is 0. The highest BCUT2D eigenvalue weighted by Gasteiger charge is 2.17. The molecule has 15 heavy (non-hydrogen) atoms. The van der Waals surface area contributed by atoms with Gasteiger partial charge >= 0.3 is 0 Å². The van der Waals surface area contributed by atoms with Crippen molar-refractivity contribution in [3.8, 4) is 0 Å². The maximum Gasteiger partial charge on any atom is 0.294 e. The van der Waals surface area contributed by atoms with E-state index in [9.17, 15) is 10.1 Å². The maximum absolute atomic E-state index is 10.8. The lowest BCUT2D eigenvalue weighted by atomic mass is 9.93. The second-order valence-electron chi connectivity index (χ2n) is 3.44. The van der Waals surface area contributed by atoms with E-state index in [0.717, 1.165) is 24.8 Å². The van der Waals surface area contributed by atoms with Crippen molar-refractivity contribution in [2.45, 2.75) is 19.3 Å². The predicted octanol–water partition coefficient (Wildman–Crippen LogP) is 2.76. The molecule has 1 aromatic heterocycles. The third-order valence-electron chi connectivity index (χ3n) is 2.49. The molecule has 0 saturated heterocycles. The first-order chi connectivity index (χ1) is 7.29. The van der Waals surface area contributed by atoms with E-state index < -0.39 is 0 Å². The minimum atomic E-state index is -0.374. The molecule has 1 aliphatic rings. The van der Waals surface area contributed by atoms with Gasteiger partial charge in [-0.05, 0) is 37.3 Å². The van der Waals surface area contributed by atoms with Crippen LogP contribution >= 0.6 is 0 Å². The monoisotopic (exact) mass is 203 g/mol. The Kier molecular flexibility index (Phi) is 2.76. The second kappa shape index (κ2) is 4.21. The number of nitrogens with zero attached hydrogens (tertiary/aromatic N) is 2. The number of allylic oxidation sites excluding steroid dienone is 2. The molecule has 77 valence electrons. The van der Waals surface area contributed by atoms with Crippen LogP contribution in [-0.2, 0) is 0 Å². The van der Waals surface area contributed by atoms with Gasteiger partial charge in [-0.15, -0.1) is 0 Å². The van der Waals surface area contributed by atoms with E-state index in [1.54, 1.807) is 12.3 Å². The molecule has 0 aliphatic heterocycles. The van der Waals surface area contributed by atoms with Crippen LogP contribution in [0.1, 0.15) is 24.8 Å². The van der Waals surface area contributed by atoms with Gasteiger partial charge in [0.05, 0.1) is 10.5 Å². The highest BCUT2D eigenvalue weighted by atomic mass is 16.6. The quantitative estimate of drug-likeness (QED) is 0.548. The molecular formula is C11H11N2O2. The van der Waals surface area contributed by atoms with Gasteiger partial charge in [0.25, 0.3) is 5.69 Å². The molecular weight excluding hydrogens is 192 g/mol. The zero-order valence-electron chi connectivity index (χ0n) is 8.22. The molecule has 1 radical (unpaired) electrons. The summed E-state index contributed by atoms with van der Waals surface area (Å²) in [5.74, 6) is 0. The lowest BCUT2D eigenvalue weighted by molar-refractivity contribution is -0.385. The van der Waals surface area contributed by atoms with Gasteiger partial charge in [-0.3, -0.25) is 15.1 Å². The van der Waals surface area contributed by atoms with Crippen LogP contribution in [0, 0.1) is 16.5 Å². The highest BCUT2D eigenvalue weighted by Crippen LogP contribution is 2.31. The number of pyridine rings is 1. The van der Waals surface area contributed by atoms with Crippen molar-refractivity contribution < 1.29 is 4.92 Å². The van der Waals surface area contributed by atoms with E-state index in [0.29, 0.717) is 5.56 Å². The molecule has 2 rings (SSSR count). The standard InChI is InChI=1S/C11H11N2O2/c14-13(15)11-8-12-7-6-10(11)9-4-2-1-3-5-9/h1,4,6-8H,2-3,5H2. The SMILES string of the molecule is O=[N+]([O-])c1cnccc1C1=CC[CH]CC1. The van der Waals surface area contributed by atoms with Crippen LogP contribution in [0.25, 0.3) is 5.57 Å².